The number of rotatable bonds is 11. The summed E-state index contributed by atoms with van der Waals surface area (Å²) in [5, 5.41) is 0. The van der Waals surface area contributed by atoms with Crippen molar-refractivity contribution in [2.45, 2.75) is 0 Å². The Kier molecular flexibility index (Phi) is 8.27. The lowest BCUT2D eigenvalue weighted by molar-refractivity contribution is 0.146. The first kappa shape index (κ1) is 24.1. The zero-order valence-electron chi connectivity index (χ0n) is 19.9. The Balaban J connectivity index is 2.40. The SMILES string of the molecule is COCCOc1cccc(OC)c1-c1c(OC)cc(OC)c(-c2ccccc2OC)c1OC. The molecule has 0 aliphatic rings. The summed E-state index contributed by atoms with van der Waals surface area (Å²) in [4.78, 5) is 0. The van der Waals surface area contributed by atoms with Crippen molar-refractivity contribution < 1.29 is 33.2 Å². The van der Waals surface area contributed by atoms with Gasteiger partial charge in [0.25, 0.3) is 0 Å². The lowest BCUT2D eigenvalue weighted by atomic mass is 9.93. The van der Waals surface area contributed by atoms with Gasteiger partial charge in [-0.2, -0.15) is 0 Å². The van der Waals surface area contributed by atoms with Crippen molar-refractivity contribution in [1.82, 2.24) is 0 Å². The van der Waals surface area contributed by atoms with E-state index in [4.69, 9.17) is 33.2 Å². The Morgan fingerprint density at radius 1 is 0.515 bits per heavy atom. The van der Waals surface area contributed by atoms with E-state index in [1.807, 2.05) is 48.5 Å². The van der Waals surface area contributed by atoms with Crippen molar-refractivity contribution in [3.63, 3.8) is 0 Å². The van der Waals surface area contributed by atoms with Gasteiger partial charge in [0.05, 0.1) is 58.8 Å². The van der Waals surface area contributed by atoms with Crippen LogP contribution in [0, 0.1) is 0 Å². The van der Waals surface area contributed by atoms with Gasteiger partial charge >= 0.3 is 0 Å². The van der Waals surface area contributed by atoms with Crippen LogP contribution >= 0.6 is 0 Å². The molecule has 3 aromatic carbocycles. The third-order valence-electron chi connectivity index (χ3n) is 5.23. The van der Waals surface area contributed by atoms with Crippen LogP contribution in [0.4, 0.5) is 0 Å². The molecule has 7 nitrogen and oxygen atoms in total. The monoisotopic (exact) mass is 454 g/mol. The third kappa shape index (κ3) is 4.78. The minimum atomic E-state index is 0.372. The molecule has 0 N–H and O–H groups in total. The van der Waals surface area contributed by atoms with E-state index in [-0.39, 0.29) is 0 Å². The summed E-state index contributed by atoms with van der Waals surface area (Å²) in [6, 6.07) is 15.1. The molecule has 0 spiro atoms. The maximum absolute atomic E-state index is 6.05. The van der Waals surface area contributed by atoms with Crippen molar-refractivity contribution in [3.05, 3.63) is 48.5 Å². The molecule has 0 heterocycles. The molecule has 3 rings (SSSR count). The average molecular weight is 455 g/mol. The van der Waals surface area contributed by atoms with Crippen LogP contribution in [0.5, 0.6) is 34.5 Å². The molecule has 0 radical (unpaired) electrons. The molecular weight excluding hydrogens is 424 g/mol. The highest BCUT2D eigenvalue weighted by atomic mass is 16.5. The van der Waals surface area contributed by atoms with E-state index in [9.17, 15) is 0 Å². The molecule has 0 bridgehead atoms. The van der Waals surface area contributed by atoms with Crippen LogP contribution in [-0.2, 0) is 4.74 Å². The highest BCUT2D eigenvalue weighted by Gasteiger charge is 2.28. The molecular formula is C26H30O7. The van der Waals surface area contributed by atoms with E-state index in [0.717, 1.165) is 11.1 Å². The van der Waals surface area contributed by atoms with Gasteiger partial charge in [0.2, 0.25) is 0 Å². The average Bonchev–Trinajstić information content (AvgIpc) is 2.87. The van der Waals surface area contributed by atoms with E-state index < -0.39 is 0 Å². The highest BCUT2D eigenvalue weighted by Crippen LogP contribution is 2.55. The molecule has 0 aliphatic carbocycles. The second-order valence-corrected chi connectivity index (χ2v) is 6.94. The first-order valence-electron chi connectivity index (χ1n) is 10.4. The number of benzene rings is 3. The van der Waals surface area contributed by atoms with E-state index in [0.29, 0.717) is 58.8 Å². The summed E-state index contributed by atoms with van der Waals surface area (Å²) in [5.41, 5.74) is 2.91. The van der Waals surface area contributed by atoms with Gasteiger partial charge in [-0.3, -0.25) is 0 Å². The van der Waals surface area contributed by atoms with E-state index in [2.05, 4.69) is 0 Å². The van der Waals surface area contributed by atoms with E-state index in [1.165, 1.54) is 0 Å². The fourth-order valence-corrected chi connectivity index (χ4v) is 3.76. The summed E-state index contributed by atoms with van der Waals surface area (Å²) in [7, 11) is 9.69. The molecule has 0 amide bonds. The van der Waals surface area contributed by atoms with Crippen LogP contribution in [-0.4, -0.2) is 55.9 Å². The number of hydrogen-bond acceptors (Lipinski definition) is 7. The lowest BCUT2D eigenvalue weighted by Crippen LogP contribution is -2.07. The van der Waals surface area contributed by atoms with Crippen molar-refractivity contribution in [3.8, 4) is 56.8 Å². The molecule has 33 heavy (non-hydrogen) atoms. The van der Waals surface area contributed by atoms with Crippen molar-refractivity contribution in [1.29, 1.82) is 0 Å². The Morgan fingerprint density at radius 2 is 1.12 bits per heavy atom. The highest BCUT2D eigenvalue weighted by molar-refractivity contribution is 5.95. The molecule has 0 aromatic heterocycles. The van der Waals surface area contributed by atoms with Gasteiger partial charge in [-0.1, -0.05) is 24.3 Å². The summed E-state index contributed by atoms with van der Waals surface area (Å²) in [6.45, 7) is 0.816. The van der Waals surface area contributed by atoms with Gasteiger partial charge in [0, 0.05) is 18.7 Å². The second kappa shape index (κ2) is 11.3. The van der Waals surface area contributed by atoms with Crippen molar-refractivity contribution in [2.24, 2.45) is 0 Å². The molecule has 0 atom stereocenters. The van der Waals surface area contributed by atoms with Crippen LogP contribution in [0.15, 0.2) is 48.5 Å². The van der Waals surface area contributed by atoms with Gasteiger partial charge in [0.15, 0.2) is 0 Å². The smallest absolute Gasteiger partial charge is 0.142 e. The molecule has 0 saturated heterocycles. The van der Waals surface area contributed by atoms with Crippen molar-refractivity contribution >= 4 is 0 Å². The van der Waals surface area contributed by atoms with E-state index >= 15 is 0 Å². The molecule has 3 aromatic rings. The Hall–Kier alpha value is -3.58. The van der Waals surface area contributed by atoms with Gasteiger partial charge in [-0.05, 0) is 18.2 Å². The number of ether oxygens (including phenoxy) is 7. The van der Waals surface area contributed by atoms with Crippen LogP contribution < -0.4 is 28.4 Å². The van der Waals surface area contributed by atoms with Gasteiger partial charge in [0.1, 0.15) is 41.1 Å². The van der Waals surface area contributed by atoms with Gasteiger partial charge in [-0.25, -0.2) is 0 Å². The Morgan fingerprint density at radius 3 is 1.76 bits per heavy atom. The first-order valence-corrected chi connectivity index (χ1v) is 10.4. The fraction of sp³-hybridized carbons (Fsp3) is 0.308. The summed E-state index contributed by atoms with van der Waals surface area (Å²) in [6.07, 6.45) is 0. The Labute approximate surface area is 194 Å². The largest absolute Gasteiger partial charge is 0.496 e. The van der Waals surface area contributed by atoms with Crippen LogP contribution in [0.2, 0.25) is 0 Å². The normalized spacial score (nSPS) is 10.5. The third-order valence-corrected chi connectivity index (χ3v) is 5.23. The molecule has 7 heteroatoms. The predicted octanol–water partition coefficient (Wildman–Crippen LogP) is 5.09. The summed E-state index contributed by atoms with van der Waals surface area (Å²) in [5.74, 6) is 3.56. The van der Waals surface area contributed by atoms with Crippen LogP contribution in [0.1, 0.15) is 0 Å². The van der Waals surface area contributed by atoms with Crippen molar-refractivity contribution in [2.75, 3.05) is 55.9 Å². The topological polar surface area (TPSA) is 64.6 Å². The predicted molar refractivity (Wildman–Crippen MR) is 127 cm³/mol. The van der Waals surface area contributed by atoms with Crippen LogP contribution in [0.3, 0.4) is 0 Å². The number of hydrogen-bond donors (Lipinski definition) is 0. The summed E-state index contributed by atoms with van der Waals surface area (Å²) >= 11 is 0. The fourth-order valence-electron chi connectivity index (χ4n) is 3.76. The quantitative estimate of drug-likeness (QED) is 0.374. The molecule has 0 aliphatic heterocycles. The van der Waals surface area contributed by atoms with E-state index in [1.54, 1.807) is 42.7 Å². The standard InChI is InChI=1S/C26H30O7/c1-27-14-15-33-20-13-9-12-19(29-3)24(20)25-22(31-5)16-21(30-4)23(26(25)32-6)17-10-7-8-11-18(17)28-2/h7-13,16H,14-15H2,1-6H3. The summed E-state index contributed by atoms with van der Waals surface area (Å²) < 4.78 is 40.1. The minimum absolute atomic E-state index is 0.372. The number of methoxy groups -OCH3 is 6. The molecule has 0 unspecified atom stereocenters. The molecule has 0 saturated carbocycles. The molecule has 0 fully saturated rings. The Bertz CT molecular complexity index is 1080. The minimum Gasteiger partial charge on any atom is -0.496 e. The maximum Gasteiger partial charge on any atom is 0.142 e. The maximum atomic E-state index is 6.05. The second-order valence-electron chi connectivity index (χ2n) is 6.94. The van der Waals surface area contributed by atoms with Gasteiger partial charge in [-0.15, -0.1) is 0 Å². The number of para-hydroxylation sites is 1. The zero-order valence-corrected chi connectivity index (χ0v) is 19.9. The zero-order chi connectivity index (χ0) is 23.8. The molecule has 176 valence electrons. The van der Waals surface area contributed by atoms with Gasteiger partial charge < -0.3 is 33.2 Å². The van der Waals surface area contributed by atoms with Crippen LogP contribution in [0.25, 0.3) is 22.3 Å². The lowest BCUT2D eigenvalue weighted by Gasteiger charge is -2.23. The first-order chi connectivity index (χ1) is 16.1.